The minimum Gasteiger partial charge on any atom is -0.486 e. The summed E-state index contributed by atoms with van der Waals surface area (Å²) in [5, 5.41) is 10.8. The number of nitrogens with zero attached hydrogens (tertiary/aromatic N) is 1. The Morgan fingerprint density at radius 1 is 1.56 bits per heavy atom. The average molecular weight is 224 g/mol. The molecule has 0 bridgehead atoms. The van der Waals surface area contributed by atoms with E-state index >= 15 is 0 Å². The Hall–Kier alpha value is -2.11. The van der Waals surface area contributed by atoms with Crippen LogP contribution in [0, 0.1) is 17.0 Å². The maximum Gasteiger partial charge on any atom is 0.313 e. The molecule has 6 heteroatoms. The van der Waals surface area contributed by atoms with Crippen molar-refractivity contribution in [3.63, 3.8) is 0 Å². The number of nitrogens with two attached hydrogens (primary N) is 1. The molecule has 0 saturated carbocycles. The number of primary amides is 1. The van der Waals surface area contributed by atoms with Crippen molar-refractivity contribution in [1.29, 1.82) is 0 Å². The van der Waals surface area contributed by atoms with E-state index in [-0.39, 0.29) is 24.5 Å². The number of nitro benzene ring substituents is 1. The molecule has 0 atom stereocenters. The Morgan fingerprint density at radius 2 is 2.25 bits per heavy atom. The van der Waals surface area contributed by atoms with Gasteiger partial charge in [0.25, 0.3) is 0 Å². The summed E-state index contributed by atoms with van der Waals surface area (Å²) in [6.45, 7) is 1.67. The molecule has 0 aliphatic rings. The summed E-state index contributed by atoms with van der Waals surface area (Å²) >= 11 is 0. The quantitative estimate of drug-likeness (QED) is 0.599. The minimum atomic E-state index is -0.505. The van der Waals surface area contributed by atoms with E-state index in [9.17, 15) is 14.9 Å². The standard InChI is InChI=1S/C10H12N2O4/c1-7-3-2-4-8(10(7)12(14)15)16-6-5-9(11)13/h2-4H,5-6H2,1H3,(H2,11,13). The van der Waals surface area contributed by atoms with Crippen LogP contribution in [0.5, 0.6) is 5.75 Å². The Kier molecular flexibility index (Phi) is 3.82. The lowest BCUT2D eigenvalue weighted by Gasteiger charge is -2.06. The summed E-state index contributed by atoms with van der Waals surface area (Å²) < 4.78 is 5.15. The fraction of sp³-hybridized carbons (Fsp3) is 0.300. The number of ether oxygens (including phenoxy) is 1. The van der Waals surface area contributed by atoms with Crippen LogP contribution in [-0.2, 0) is 4.79 Å². The van der Waals surface area contributed by atoms with Crippen LogP contribution in [-0.4, -0.2) is 17.4 Å². The van der Waals surface area contributed by atoms with E-state index in [1.807, 2.05) is 0 Å². The summed E-state index contributed by atoms with van der Waals surface area (Å²) in [7, 11) is 0. The first-order chi connectivity index (χ1) is 7.52. The molecular formula is C10H12N2O4. The van der Waals surface area contributed by atoms with Gasteiger partial charge in [0, 0.05) is 5.56 Å². The second-order valence-corrected chi connectivity index (χ2v) is 3.24. The number of carbonyl (C=O) groups is 1. The molecule has 0 unspecified atom stereocenters. The summed E-state index contributed by atoms with van der Waals surface area (Å²) in [5.41, 5.74) is 5.37. The zero-order valence-electron chi connectivity index (χ0n) is 8.80. The highest BCUT2D eigenvalue weighted by atomic mass is 16.6. The zero-order valence-corrected chi connectivity index (χ0v) is 8.80. The van der Waals surface area contributed by atoms with E-state index in [0.29, 0.717) is 5.56 Å². The predicted molar refractivity (Wildman–Crippen MR) is 57.1 cm³/mol. The van der Waals surface area contributed by atoms with Crippen LogP contribution < -0.4 is 10.5 Å². The minimum absolute atomic E-state index is 0.0328. The first kappa shape index (κ1) is 12.0. The van der Waals surface area contributed by atoms with Gasteiger partial charge in [0.1, 0.15) is 0 Å². The molecule has 0 saturated heterocycles. The summed E-state index contributed by atoms with van der Waals surface area (Å²) in [5.74, 6) is -0.346. The van der Waals surface area contributed by atoms with Gasteiger partial charge in [-0.1, -0.05) is 12.1 Å². The van der Waals surface area contributed by atoms with Crippen molar-refractivity contribution in [3.05, 3.63) is 33.9 Å². The Morgan fingerprint density at radius 3 is 2.81 bits per heavy atom. The van der Waals surface area contributed by atoms with Crippen LogP contribution in [0.15, 0.2) is 18.2 Å². The first-order valence-corrected chi connectivity index (χ1v) is 4.67. The lowest BCUT2D eigenvalue weighted by Crippen LogP contribution is -2.15. The second-order valence-electron chi connectivity index (χ2n) is 3.24. The highest BCUT2D eigenvalue weighted by Crippen LogP contribution is 2.29. The molecule has 1 aromatic carbocycles. The number of amides is 1. The smallest absolute Gasteiger partial charge is 0.313 e. The third-order valence-electron chi connectivity index (χ3n) is 1.99. The zero-order chi connectivity index (χ0) is 12.1. The normalized spacial score (nSPS) is 9.81. The van der Waals surface area contributed by atoms with Gasteiger partial charge in [-0.05, 0) is 13.0 Å². The van der Waals surface area contributed by atoms with Crippen LogP contribution in [0.3, 0.4) is 0 Å². The number of rotatable bonds is 5. The molecule has 0 aromatic heterocycles. The number of hydrogen-bond acceptors (Lipinski definition) is 4. The topological polar surface area (TPSA) is 95.5 Å². The molecule has 0 aliphatic heterocycles. The van der Waals surface area contributed by atoms with Crippen molar-refractivity contribution in [3.8, 4) is 5.75 Å². The first-order valence-electron chi connectivity index (χ1n) is 4.67. The van der Waals surface area contributed by atoms with Gasteiger partial charge in [-0.2, -0.15) is 0 Å². The summed E-state index contributed by atoms with van der Waals surface area (Å²) in [6.07, 6.45) is 0.0328. The summed E-state index contributed by atoms with van der Waals surface area (Å²) in [4.78, 5) is 20.8. The molecule has 0 radical (unpaired) electrons. The maximum absolute atomic E-state index is 10.8. The third kappa shape index (κ3) is 2.94. The fourth-order valence-corrected chi connectivity index (χ4v) is 1.24. The Balaban J connectivity index is 2.83. The number of nitro groups is 1. The lowest BCUT2D eigenvalue weighted by atomic mass is 10.2. The van der Waals surface area contributed by atoms with Crippen LogP contribution >= 0.6 is 0 Å². The van der Waals surface area contributed by atoms with Gasteiger partial charge in [-0.25, -0.2) is 0 Å². The van der Waals surface area contributed by atoms with E-state index < -0.39 is 10.8 Å². The molecule has 2 N–H and O–H groups in total. The molecule has 1 rings (SSSR count). The number of aryl methyl sites for hydroxylation is 1. The van der Waals surface area contributed by atoms with Gasteiger partial charge in [0.2, 0.25) is 5.91 Å². The van der Waals surface area contributed by atoms with Crippen LogP contribution in [0.25, 0.3) is 0 Å². The van der Waals surface area contributed by atoms with Crippen molar-refractivity contribution in [2.75, 3.05) is 6.61 Å². The van der Waals surface area contributed by atoms with E-state index in [1.54, 1.807) is 19.1 Å². The predicted octanol–water partition coefficient (Wildman–Crippen LogP) is 1.16. The SMILES string of the molecule is Cc1cccc(OCCC(N)=O)c1[N+](=O)[O-]. The summed E-state index contributed by atoms with van der Waals surface area (Å²) in [6, 6.07) is 4.77. The van der Waals surface area contributed by atoms with Crippen molar-refractivity contribution in [2.45, 2.75) is 13.3 Å². The van der Waals surface area contributed by atoms with Crippen LogP contribution in [0.2, 0.25) is 0 Å². The molecule has 86 valence electrons. The van der Waals surface area contributed by atoms with Gasteiger partial charge in [0.15, 0.2) is 5.75 Å². The van der Waals surface area contributed by atoms with Gasteiger partial charge >= 0.3 is 5.69 Å². The molecule has 0 heterocycles. The molecular weight excluding hydrogens is 212 g/mol. The van der Waals surface area contributed by atoms with Crippen molar-refractivity contribution in [1.82, 2.24) is 0 Å². The second kappa shape index (κ2) is 5.11. The molecule has 0 spiro atoms. The number of hydrogen-bond donors (Lipinski definition) is 1. The molecule has 6 nitrogen and oxygen atoms in total. The average Bonchev–Trinajstić information content (AvgIpc) is 2.16. The van der Waals surface area contributed by atoms with E-state index in [4.69, 9.17) is 10.5 Å². The molecule has 0 aliphatic carbocycles. The highest BCUT2D eigenvalue weighted by Gasteiger charge is 2.17. The van der Waals surface area contributed by atoms with E-state index in [2.05, 4.69) is 0 Å². The van der Waals surface area contributed by atoms with Crippen LogP contribution in [0.1, 0.15) is 12.0 Å². The lowest BCUT2D eigenvalue weighted by molar-refractivity contribution is -0.386. The van der Waals surface area contributed by atoms with Gasteiger partial charge in [0.05, 0.1) is 18.0 Å². The highest BCUT2D eigenvalue weighted by molar-refractivity contribution is 5.73. The number of benzene rings is 1. The van der Waals surface area contributed by atoms with Crippen molar-refractivity contribution in [2.24, 2.45) is 5.73 Å². The number of para-hydroxylation sites is 1. The van der Waals surface area contributed by atoms with Crippen LogP contribution in [0.4, 0.5) is 5.69 Å². The van der Waals surface area contributed by atoms with Crippen molar-refractivity contribution < 1.29 is 14.5 Å². The molecule has 1 amide bonds. The third-order valence-corrected chi connectivity index (χ3v) is 1.99. The molecule has 0 fully saturated rings. The monoisotopic (exact) mass is 224 g/mol. The van der Waals surface area contributed by atoms with E-state index in [1.165, 1.54) is 6.07 Å². The van der Waals surface area contributed by atoms with Gasteiger partial charge in [-0.3, -0.25) is 14.9 Å². The van der Waals surface area contributed by atoms with Gasteiger partial charge < -0.3 is 10.5 Å². The van der Waals surface area contributed by atoms with E-state index in [0.717, 1.165) is 0 Å². The fourth-order valence-electron chi connectivity index (χ4n) is 1.24. The Bertz CT molecular complexity index is 417. The number of carbonyl (C=O) groups excluding carboxylic acids is 1. The van der Waals surface area contributed by atoms with Gasteiger partial charge in [-0.15, -0.1) is 0 Å². The largest absolute Gasteiger partial charge is 0.486 e. The van der Waals surface area contributed by atoms with Crippen molar-refractivity contribution >= 4 is 11.6 Å². The maximum atomic E-state index is 10.8. The molecule has 1 aromatic rings. The Labute approximate surface area is 92.2 Å². The molecule has 16 heavy (non-hydrogen) atoms.